The first-order valence-corrected chi connectivity index (χ1v) is 5.14. The van der Waals surface area contributed by atoms with Crippen molar-refractivity contribution in [3.05, 3.63) is 29.3 Å². The summed E-state index contributed by atoms with van der Waals surface area (Å²) in [6.45, 7) is -0.389. The molecule has 0 aliphatic rings. The molecule has 0 aromatic heterocycles. The Hall–Kier alpha value is -1.31. The van der Waals surface area contributed by atoms with Crippen LogP contribution in [0.1, 0.15) is 23.7 Å². The largest absolute Gasteiger partial charge is 0.508 e. The predicted octanol–water partition coefficient (Wildman–Crippen LogP) is 1.19. The van der Waals surface area contributed by atoms with E-state index in [0.717, 1.165) is 6.07 Å². The summed E-state index contributed by atoms with van der Waals surface area (Å²) in [4.78, 5) is 0. The average Bonchev–Trinajstić information content (AvgIpc) is 2.27. The lowest BCUT2D eigenvalue weighted by Crippen LogP contribution is -2.19. The van der Waals surface area contributed by atoms with Gasteiger partial charge in [-0.15, -0.1) is 0 Å². The molecule has 0 fully saturated rings. The molecule has 0 aliphatic heterocycles. The first kappa shape index (κ1) is 14.7. The zero-order valence-corrected chi connectivity index (χ0v) is 9.22. The molecule has 0 amide bonds. The van der Waals surface area contributed by atoms with E-state index in [-0.39, 0.29) is 18.6 Å². The molecule has 0 saturated heterocycles. The molecule has 0 heterocycles. The maximum Gasteiger partial charge on any atom is 0.416 e. The van der Waals surface area contributed by atoms with Crippen molar-refractivity contribution in [2.45, 2.75) is 24.8 Å². The van der Waals surface area contributed by atoms with Crippen molar-refractivity contribution in [2.24, 2.45) is 0 Å². The summed E-state index contributed by atoms with van der Waals surface area (Å²) < 4.78 is 37.0. The van der Waals surface area contributed by atoms with Crippen LogP contribution in [-0.4, -0.2) is 33.1 Å². The van der Waals surface area contributed by atoms with Gasteiger partial charge in [-0.3, -0.25) is 0 Å². The number of phenols is 1. The highest BCUT2D eigenvalue weighted by Crippen LogP contribution is 2.35. The molecule has 2 atom stereocenters. The monoisotopic (exact) mass is 266 g/mol. The van der Waals surface area contributed by atoms with Crippen LogP contribution >= 0.6 is 0 Å². The number of hydrogen-bond acceptors (Lipinski definition) is 4. The smallest absolute Gasteiger partial charge is 0.416 e. The Labute approximate surface area is 101 Å². The van der Waals surface area contributed by atoms with Crippen molar-refractivity contribution in [3.8, 4) is 5.75 Å². The van der Waals surface area contributed by atoms with E-state index in [1.807, 2.05) is 0 Å². The molecule has 1 aromatic rings. The van der Waals surface area contributed by atoms with Gasteiger partial charge in [0, 0.05) is 12.2 Å². The van der Waals surface area contributed by atoms with Gasteiger partial charge in [-0.25, -0.2) is 0 Å². The van der Waals surface area contributed by atoms with Crippen molar-refractivity contribution >= 4 is 0 Å². The third-order valence-corrected chi connectivity index (χ3v) is 2.47. The van der Waals surface area contributed by atoms with E-state index in [1.165, 1.54) is 0 Å². The SMILES string of the molecule is OCCC(O)C(O)c1ccc(C(F)(F)F)cc1O. The molecule has 7 heteroatoms. The van der Waals surface area contributed by atoms with Crippen molar-refractivity contribution < 1.29 is 33.6 Å². The van der Waals surface area contributed by atoms with E-state index >= 15 is 0 Å². The normalized spacial score (nSPS) is 15.4. The van der Waals surface area contributed by atoms with Gasteiger partial charge in [-0.1, -0.05) is 6.07 Å². The van der Waals surface area contributed by atoms with Gasteiger partial charge in [0.1, 0.15) is 11.9 Å². The Kier molecular flexibility index (Phi) is 4.55. The fourth-order valence-corrected chi connectivity index (χ4v) is 1.47. The van der Waals surface area contributed by atoms with Gasteiger partial charge >= 0.3 is 6.18 Å². The molecule has 0 radical (unpaired) electrons. The number of rotatable bonds is 4. The van der Waals surface area contributed by atoms with Crippen LogP contribution in [-0.2, 0) is 6.18 Å². The zero-order valence-electron chi connectivity index (χ0n) is 9.22. The molecule has 1 rings (SSSR count). The van der Waals surface area contributed by atoms with Gasteiger partial charge in [0.15, 0.2) is 0 Å². The lowest BCUT2D eigenvalue weighted by atomic mass is 10.00. The van der Waals surface area contributed by atoms with Crippen LogP contribution in [0.2, 0.25) is 0 Å². The second kappa shape index (κ2) is 5.55. The lowest BCUT2D eigenvalue weighted by molar-refractivity contribution is -0.137. The van der Waals surface area contributed by atoms with E-state index < -0.39 is 29.7 Å². The molecule has 0 saturated carbocycles. The van der Waals surface area contributed by atoms with Crippen LogP contribution in [0.4, 0.5) is 13.2 Å². The van der Waals surface area contributed by atoms with Gasteiger partial charge in [0.2, 0.25) is 0 Å². The van der Waals surface area contributed by atoms with Gasteiger partial charge in [0.05, 0.1) is 11.7 Å². The summed E-state index contributed by atoms with van der Waals surface area (Å²) >= 11 is 0. The highest BCUT2D eigenvalue weighted by molar-refractivity contribution is 5.39. The molecule has 4 nitrogen and oxygen atoms in total. The third-order valence-electron chi connectivity index (χ3n) is 2.47. The molecule has 2 unspecified atom stereocenters. The summed E-state index contributed by atoms with van der Waals surface area (Å²) in [6.07, 6.45) is -7.66. The molecule has 18 heavy (non-hydrogen) atoms. The third kappa shape index (κ3) is 3.34. The highest BCUT2D eigenvalue weighted by Gasteiger charge is 2.32. The zero-order chi connectivity index (χ0) is 13.9. The minimum Gasteiger partial charge on any atom is -0.508 e. The number of aliphatic hydroxyl groups is 3. The average molecular weight is 266 g/mol. The summed E-state index contributed by atoms with van der Waals surface area (Å²) in [5, 5.41) is 37.0. The Bertz CT molecular complexity index is 406. The van der Waals surface area contributed by atoms with Gasteiger partial charge in [-0.05, 0) is 18.6 Å². The quantitative estimate of drug-likeness (QED) is 0.660. The molecular weight excluding hydrogens is 253 g/mol. The number of aromatic hydroxyl groups is 1. The van der Waals surface area contributed by atoms with Crippen molar-refractivity contribution in [3.63, 3.8) is 0 Å². The molecule has 102 valence electrons. The van der Waals surface area contributed by atoms with Crippen LogP contribution in [0.25, 0.3) is 0 Å². The van der Waals surface area contributed by atoms with Crippen LogP contribution in [0.5, 0.6) is 5.75 Å². The lowest BCUT2D eigenvalue weighted by Gasteiger charge is -2.19. The predicted molar refractivity (Wildman–Crippen MR) is 55.8 cm³/mol. The number of benzene rings is 1. The minimum absolute atomic E-state index is 0.151. The van der Waals surface area contributed by atoms with Gasteiger partial charge in [-0.2, -0.15) is 13.2 Å². The van der Waals surface area contributed by atoms with Gasteiger partial charge in [0.25, 0.3) is 0 Å². The summed E-state index contributed by atoms with van der Waals surface area (Å²) in [5.74, 6) is -0.755. The van der Waals surface area contributed by atoms with Crippen molar-refractivity contribution in [2.75, 3.05) is 6.61 Å². The number of halogens is 3. The second-order valence-corrected chi connectivity index (χ2v) is 3.80. The van der Waals surface area contributed by atoms with E-state index in [1.54, 1.807) is 0 Å². The van der Waals surface area contributed by atoms with E-state index in [4.69, 9.17) is 5.11 Å². The molecule has 4 N–H and O–H groups in total. The van der Waals surface area contributed by atoms with E-state index in [9.17, 15) is 28.5 Å². The van der Waals surface area contributed by atoms with Crippen LogP contribution in [0, 0.1) is 0 Å². The standard InChI is InChI=1S/C11H13F3O4/c12-11(13,14)6-1-2-7(9(17)5-6)10(18)8(16)3-4-15/h1-2,5,8,10,15-18H,3-4H2. The van der Waals surface area contributed by atoms with Crippen molar-refractivity contribution in [1.82, 2.24) is 0 Å². The fourth-order valence-electron chi connectivity index (χ4n) is 1.47. The first-order chi connectivity index (χ1) is 8.27. The van der Waals surface area contributed by atoms with Crippen LogP contribution in [0.3, 0.4) is 0 Å². The fraction of sp³-hybridized carbons (Fsp3) is 0.455. The van der Waals surface area contributed by atoms with Gasteiger partial charge < -0.3 is 20.4 Å². The molecular formula is C11H13F3O4. The van der Waals surface area contributed by atoms with E-state index in [2.05, 4.69) is 0 Å². The van der Waals surface area contributed by atoms with Crippen molar-refractivity contribution in [1.29, 1.82) is 0 Å². The Balaban J connectivity index is 2.99. The molecule has 0 aliphatic carbocycles. The number of aliphatic hydroxyl groups excluding tert-OH is 3. The second-order valence-electron chi connectivity index (χ2n) is 3.80. The maximum absolute atomic E-state index is 12.3. The summed E-state index contributed by atoms with van der Waals surface area (Å²) in [7, 11) is 0. The first-order valence-electron chi connectivity index (χ1n) is 5.14. The van der Waals surface area contributed by atoms with E-state index in [0.29, 0.717) is 12.1 Å². The number of hydrogen-bond donors (Lipinski definition) is 4. The molecule has 0 spiro atoms. The summed E-state index contributed by atoms with van der Waals surface area (Å²) in [6, 6.07) is 2.07. The maximum atomic E-state index is 12.3. The number of alkyl halides is 3. The molecule has 1 aromatic carbocycles. The van der Waals surface area contributed by atoms with Crippen LogP contribution < -0.4 is 0 Å². The molecule has 0 bridgehead atoms. The topological polar surface area (TPSA) is 80.9 Å². The highest BCUT2D eigenvalue weighted by atomic mass is 19.4. The van der Waals surface area contributed by atoms with Crippen LogP contribution in [0.15, 0.2) is 18.2 Å². The Morgan fingerprint density at radius 1 is 1.17 bits per heavy atom. The Morgan fingerprint density at radius 2 is 1.78 bits per heavy atom. The number of phenolic OH excluding ortho intramolecular Hbond substituents is 1. The Morgan fingerprint density at radius 3 is 2.22 bits per heavy atom. The summed E-state index contributed by atoms with van der Waals surface area (Å²) in [5.41, 5.74) is -1.27. The minimum atomic E-state index is -4.59.